The minimum atomic E-state index is -0.467. The fourth-order valence-electron chi connectivity index (χ4n) is 3.61. The zero-order valence-corrected chi connectivity index (χ0v) is 16.1. The van der Waals surface area contributed by atoms with Gasteiger partial charge in [-0.15, -0.1) is 0 Å². The number of ether oxygens (including phenoxy) is 1. The molecule has 25 heavy (non-hydrogen) atoms. The summed E-state index contributed by atoms with van der Waals surface area (Å²) in [5, 5.41) is 3.02. The van der Waals surface area contributed by atoms with Crippen molar-refractivity contribution in [2.45, 2.75) is 71.4 Å². The van der Waals surface area contributed by atoms with Crippen LogP contribution in [0.4, 0.5) is 0 Å². The molecule has 0 aliphatic carbocycles. The summed E-state index contributed by atoms with van der Waals surface area (Å²) < 4.78 is 5.86. The second-order valence-electron chi connectivity index (χ2n) is 6.96. The molecule has 1 amide bonds. The molecule has 0 aromatic heterocycles. The highest BCUT2D eigenvalue weighted by Crippen LogP contribution is 2.20. The van der Waals surface area contributed by atoms with E-state index in [1.165, 1.54) is 32.2 Å². The Morgan fingerprint density at radius 1 is 1.32 bits per heavy atom. The second kappa shape index (κ2) is 10.4. The first-order valence-electron chi connectivity index (χ1n) is 9.92. The fourth-order valence-corrected chi connectivity index (χ4v) is 3.61. The van der Waals surface area contributed by atoms with Gasteiger partial charge in [0, 0.05) is 19.1 Å². The molecule has 1 fully saturated rings. The Bertz CT molecular complexity index is 532. The van der Waals surface area contributed by atoms with Crippen molar-refractivity contribution in [1.82, 2.24) is 10.2 Å². The Hall–Kier alpha value is -1.55. The normalized spacial score (nSPS) is 19.4. The number of amides is 1. The Balaban J connectivity index is 1.70. The van der Waals surface area contributed by atoms with Gasteiger partial charge in [-0.3, -0.25) is 4.79 Å². The Labute approximate surface area is 152 Å². The monoisotopic (exact) mass is 346 g/mol. The lowest BCUT2D eigenvalue weighted by atomic mass is 10.00. The predicted octanol–water partition coefficient (Wildman–Crippen LogP) is 3.79. The molecule has 1 aromatic rings. The third kappa shape index (κ3) is 6.03. The van der Waals surface area contributed by atoms with Crippen LogP contribution >= 0.6 is 0 Å². The molecule has 2 atom stereocenters. The number of aryl methyl sites for hydroxylation is 1. The van der Waals surface area contributed by atoms with Gasteiger partial charge in [-0.1, -0.05) is 38.5 Å². The lowest BCUT2D eigenvalue weighted by Gasteiger charge is -2.35. The third-order valence-corrected chi connectivity index (χ3v) is 5.17. The molecular weight excluding hydrogens is 312 g/mol. The molecule has 4 heteroatoms. The Kier molecular flexibility index (Phi) is 8.26. The minimum absolute atomic E-state index is 0.0309. The number of para-hydroxylation sites is 1. The van der Waals surface area contributed by atoms with E-state index in [0.29, 0.717) is 0 Å². The maximum Gasteiger partial charge on any atom is 0.260 e. The minimum Gasteiger partial charge on any atom is -0.481 e. The van der Waals surface area contributed by atoms with E-state index in [0.717, 1.165) is 43.3 Å². The van der Waals surface area contributed by atoms with Gasteiger partial charge in [0.1, 0.15) is 5.75 Å². The Morgan fingerprint density at radius 2 is 2.12 bits per heavy atom. The van der Waals surface area contributed by atoms with Gasteiger partial charge in [-0.05, 0) is 57.2 Å². The summed E-state index contributed by atoms with van der Waals surface area (Å²) >= 11 is 0. The van der Waals surface area contributed by atoms with Crippen LogP contribution in [0.15, 0.2) is 24.3 Å². The molecule has 0 unspecified atom stereocenters. The van der Waals surface area contributed by atoms with Crippen molar-refractivity contribution in [3.05, 3.63) is 29.8 Å². The summed E-state index contributed by atoms with van der Waals surface area (Å²) in [5.74, 6) is 0.781. The Morgan fingerprint density at radius 3 is 2.88 bits per heavy atom. The maximum atomic E-state index is 12.3. The molecule has 0 radical (unpaired) electrons. The molecule has 1 aliphatic rings. The molecular formula is C21H34N2O2. The van der Waals surface area contributed by atoms with E-state index in [-0.39, 0.29) is 5.91 Å². The number of piperidine rings is 1. The maximum absolute atomic E-state index is 12.3. The number of carbonyl (C=O) groups is 1. The number of rotatable bonds is 9. The highest BCUT2D eigenvalue weighted by atomic mass is 16.5. The summed E-state index contributed by atoms with van der Waals surface area (Å²) in [4.78, 5) is 14.9. The molecule has 1 heterocycles. The van der Waals surface area contributed by atoms with E-state index >= 15 is 0 Å². The van der Waals surface area contributed by atoms with Crippen molar-refractivity contribution < 1.29 is 9.53 Å². The largest absolute Gasteiger partial charge is 0.481 e. The van der Waals surface area contributed by atoms with Gasteiger partial charge in [-0.25, -0.2) is 0 Å². The highest BCUT2D eigenvalue weighted by Gasteiger charge is 2.20. The van der Waals surface area contributed by atoms with Gasteiger partial charge in [0.05, 0.1) is 0 Å². The SMILES string of the molecule is CCc1ccccc1O[C@H](C)C(=O)NCCCN1CCCC[C@H]1CC. The number of nitrogens with one attached hydrogen (secondary N) is 1. The van der Waals surface area contributed by atoms with Crippen molar-refractivity contribution in [3.63, 3.8) is 0 Å². The second-order valence-corrected chi connectivity index (χ2v) is 6.96. The van der Waals surface area contributed by atoms with Crippen LogP contribution in [0.5, 0.6) is 5.75 Å². The van der Waals surface area contributed by atoms with E-state index in [9.17, 15) is 4.79 Å². The van der Waals surface area contributed by atoms with E-state index in [1.54, 1.807) is 0 Å². The van der Waals surface area contributed by atoms with Crippen molar-refractivity contribution in [2.24, 2.45) is 0 Å². The summed E-state index contributed by atoms with van der Waals surface area (Å²) in [6.45, 7) is 9.19. The van der Waals surface area contributed by atoms with Gasteiger partial charge >= 0.3 is 0 Å². The lowest BCUT2D eigenvalue weighted by molar-refractivity contribution is -0.127. The average Bonchev–Trinajstić information content (AvgIpc) is 2.65. The first-order chi connectivity index (χ1) is 12.2. The topological polar surface area (TPSA) is 41.6 Å². The van der Waals surface area contributed by atoms with Crippen molar-refractivity contribution in [1.29, 1.82) is 0 Å². The van der Waals surface area contributed by atoms with Gasteiger partial charge in [0.15, 0.2) is 6.10 Å². The molecule has 4 nitrogen and oxygen atoms in total. The smallest absolute Gasteiger partial charge is 0.260 e. The fraction of sp³-hybridized carbons (Fsp3) is 0.667. The van der Waals surface area contributed by atoms with Gasteiger partial charge < -0.3 is 15.0 Å². The standard InChI is InChI=1S/C21H34N2O2/c1-4-18-11-6-7-13-20(18)25-17(3)21(24)22-14-10-16-23-15-9-8-12-19(23)5-2/h6-7,11,13,17,19H,4-5,8-10,12,14-16H2,1-3H3,(H,22,24)/t17-,19-/m1/s1. The molecule has 140 valence electrons. The van der Waals surface area contributed by atoms with Crippen LogP contribution < -0.4 is 10.1 Å². The van der Waals surface area contributed by atoms with Crippen LogP contribution in [0.2, 0.25) is 0 Å². The molecule has 0 spiro atoms. The van der Waals surface area contributed by atoms with Crippen LogP contribution in [-0.2, 0) is 11.2 Å². The first-order valence-corrected chi connectivity index (χ1v) is 9.92. The van der Waals surface area contributed by atoms with Crippen LogP contribution in [0.1, 0.15) is 58.4 Å². The molecule has 1 aliphatic heterocycles. The van der Waals surface area contributed by atoms with Crippen molar-refractivity contribution in [2.75, 3.05) is 19.6 Å². The van der Waals surface area contributed by atoms with Crippen LogP contribution in [0.3, 0.4) is 0 Å². The number of carbonyl (C=O) groups excluding carboxylic acids is 1. The predicted molar refractivity (Wildman–Crippen MR) is 103 cm³/mol. The first kappa shape index (κ1) is 19.8. The van der Waals surface area contributed by atoms with Gasteiger partial charge in [0.2, 0.25) is 0 Å². The van der Waals surface area contributed by atoms with Crippen LogP contribution in [0.25, 0.3) is 0 Å². The van der Waals surface area contributed by atoms with Gasteiger partial charge in [0.25, 0.3) is 5.91 Å². The van der Waals surface area contributed by atoms with Crippen molar-refractivity contribution >= 4 is 5.91 Å². The number of hydrogen-bond acceptors (Lipinski definition) is 3. The quantitative estimate of drug-likeness (QED) is 0.692. The van der Waals surface area contributed by atoms with E-state index in [4.69, 9.17) is 4.74 Å². The van der Waals surface area contributed by atoms with Crippen LogP contribution in [-0.4, -0.2) is 42.6 Å². The zero-order valence-electron chi connectivity index (χ0n) is 16.1. The van der Waals surface area contributed by atoms with Crippen LogP contribution in [0, 0.1) is 0 Å². The van der Waals surface area contributed by atoms with Gasteiger partial charge in [-0.2, -0.15) is 0 Å². The van der Waals surface area contributed by atoms with Crippen molar-refractivity contribution in [3.8, 4) is 5.75 Å². The summed E-state index contributed by atoms with van der Waals surface area (Å²) in [6, 6.07) is 8.66. The van der Waals surface area contributed by atoms with E-state index in [1.807, 2.05) is 31.2 Å². The number of nitrogens with zero attached hydrogens (tertiary/aromatic N) is 1. The van der Waals surface area contributed by atoms with E-state index in [2.05, 4.69) is 24.1 Å². The summed E-state index contributed by atoms with van der Waals surface area (Å²) in [5.41, 5.74) is 1.14. The molecule has 1 aromatic carbocycles. The molecule has 0 saturated carbocycles. The van der Waals surface area contributed by atoms with E-state index < -0.39 is 6.10 Å². The molecule has 1 N–H and O–H groups in total. The highest BCUT2D eigenvalue weighted by molar-refractivity contribution is 5.80. The summed E-state index contributed by atoms with van der Waals surface area (Å²) in [6.07, 6.45) is 6.66. The number of hydrogen-bond donors (Lipinski definition) is 1. The average molecular weight is 347 g/mol. The lowest BCUT2D eigenvalue weighted by Crippen LogP contribution is -2.41. The third-order valence-electron chi connectivity index (χ3n) is 5.17. The molecule has 0 bridgehead atoms. The summed E-state index contributed by atoms with van der Waals surface area (Å²) in [7, 11) is 0. The number of likely N-dealkylation sites (tertiary alicyclic amines) is 1. The molecule has 2 rings (SSSR count). The number of benzene rings is 1. The zero-order chi connectivity index (χ0) is 18.1. The molecule has 1 saturated heterocycles.